The summed E-state index contributed by atoms with van der Waals surface area (Å²) in [5.41, 5.74) is 1.13. The Labute approximate surface area is 231 Å². The molecule has 7 heteroatoms. The molecule has 0 aromatic heterocycles. The van der Waals surface area contributed by atoms with E-state index in [2.05, 4.69) is 26.0 Å². The van der Waals surface area contributed by atoms with Crippen molar-refractivity contribution in [3.8, 4) is 0 Å². The standard InChI is InChI=1S/C28H43NO2S4/c1-3-5-7-11-16-23(25(30)20-28(17-12-6-4-2)34-18-13-19-35-28)26(31)29-24(21-33-27(29)32)22-14-9-8-10-15-22/h8-10,14-15,23-25,30H,3-7,11-13,16-21H2,1-2H3/t23-,24+,25+/m1/s1. The summed E-state index contributed by atoms with van der Waals surface area (Å²) in [5.74, 6) is 2.75. The normalized spacial score (nSPS) is 21.7. The predicted molar refractivity (Wildman–Crippen MR) is 160 cm³/mol. The van der Waals surface area contributed by atoms with E-state index < -0.39 is 6.10 Å². The molecule has 1 amide bonds. The first-order valence-electron chi connectivity index (χ1n) is 13.5. The van der Waals surface area contributed by atoms with Crippen LogP contribution in [0.5, 0.6) is 0 Å². The summed E-state index contributed by atoms with van der Waals surface area (Å²) in [6, 6.07) is 10.2. The molecule has 2 saturated heterocycles. The van der Waals surface area contributed by atoms with Crippen molar-refractivity contribution in [1.82, 2.24) is 4.90 Å². The van der Waals surface area contributed by atoms with Crippen molar-refractivity contribution in [2.45, 2.75) is 101 Å². The van der Waals surface area contributed by atoms with E-state index in [1.54, 1.807) is 11.8 Å². The Morgan fingerprint density at radius 1 is 1.09 bits per heavy atom. The maximum absolute atomic E-state index is 14.1. The van der Waals surface area contributed by atoms with E-state index in [4.69, 9.17) is 12.2 Å². The van der Waals surface area contributed by atoms with Crippen molar-refractivity contribution in [2.75, 3.05) is 17.3 Å². The summed E-state index contributed by atoms with van der Waals surface area (Å²) < 4.78 is 0.696. The second kappa shape index (κ2) is 15.3. The van der Waals surface area contributed by atoms with Crippen molar-refractivity contribution < 1.29 is 9.90 Å². The highest BCUT2D eigenvalue weighted by Crippen LogP contribution is 2.50. The van der Waals surface area contributed by atoms with Crippen molar-refractivity contribution in [2.24, 2.45) is 5.92 Å². The largest absolute Gasteiger partial charge is 0.392 e. The van der Waals surface area contributed by atoms with Gasteiger partial charge in [0, 0.05) is 5.75 Å². The van der Waals surface area contributed by atoms with Crippen molar-refractivity contribution in [1.29, 1.82) is 0 Å². The summed E-state index contributed by atoms with van der Waals surface area (Å²) in [6.45, 7) is 4.45. The Bertz CT molecular complexity index is 784. The number of aliphatic hydroxyl groups is 1. The maximum atomic E-state index is 14.1. The highest BCUT2D eigenvalue weighted by molar-refractivity contribution is 8.23. The lowest BCUT2D eigenvalue weighted by Gasteiger charge is -2.40. The molecule has 196 valence electrons. The summed E-state index contributed by atoms with van der Waals surface area (Å²) in [6.07, 6.45) is 11.2. The van der Waals surface area contributed by atoms with Gasteiger partial charge in [-0.3, -0.25) is 9.69 Å². The first-order chi connectivity index (χ1) is 17.0. The number of carbonyl (C=O) groups excluding carboxylic acids is 1. The van der Waals surface area contributed by atoms with Gasteiger partial charge in [0.05, 0.1) is 22.1 Å². The SMILES string of the molecule is CCCCCC[C@@H](C(=O)N1C(=S)SC[C@H]1c1ccccc1)[C@@H](O)CC1(CCCCC)SCCCS1. The van der Waals surface area contributed by atoms with Crippen LogP contribution >= 0.6 is 47.5 Å². The van der Waals surface area contributed by atoms with Crippen LogP contribution in [0.25, 0.3) is 0 Å². The smallest absolute Gasteiger partial charge is 0.234 e. The number of carbonyl (C=O) groups is 1. The third-order valence-electron chi connectivity index (χ3n) is 7.15. The van der Waals surface area contributed by atoms with Gasteiger partial charge in [-0.25, -0.2) is 0 Å². The van der Waals surface area contributed by atoms with E-state index in [0.717, 1.165) is 54.9 Å². The molecule has 3 nitrogen and oxygen atoms in total. The highest BCUT2D eigenvalue weighted by atomic mass is 32.2. The molecule has 3 atom stereocenters. The molecule has 0 unspecified atom stereocenters. The van der Waals surface area contributed by atoms with Gasteiger partial charge in [-0.2, -0.15) is 0 Å². The van der Waals surface area contributed by atoms with E-state index in [0.29, 0.717) is 10.7 Å². The van der Waals surface area contributed by atoms with E-state index >= 15 is 0 Å². The topological polar surface area (TPSA) is 40.5 Å². The van der Waals surface area contributed by atoms with Gasteiger partial charge in [0.15, 0.2) is 0 Å². The number of unbranched alkanes of at least 4 members (excludes halogenated alkanes) is 5. The van der Waals surface area contributed by atoms with E-state index in [1.165, 1.54) is 32.1 Å². The minimum atomic E-state index is -0.631. The van der Waals surface area contributed by atoms with Crippen LogP contribution in [0.2, 0.25) is 0 Å². The lowest BCUT2D eigenvalue weighted by molar-refractivity contribution is -0.137. The van der Waals surface area contributed by atoms with E-state index in [1.807, 2.05) is 46.6 Å². The lowest BCUT2D eigenvalue weighted by atomic mass is 9.89. The zero-order valence-electron chi connectivity index (χ0n) is 21.5. The molecule has 0 bridgehead atoms. The average molecular weight is 554 g/mol. The first kappa shape index (κ1) is 29.3. The highest BCUT2D eigenvalue weighted by Gasteiger charge is 2.43. The fraction of sp³-hybridized carbons (Fsp3) is 0.714. The van der Waals surface area contributed by atoms with E-state index in [-0.39, 0.29) is 21.9 Å². The quantitative estimate of drug-likeness (QED) is 0.186. The third kappa shape index (κ3) is 8.39. The molecule has 35 heavy (non-hydrogen) atoms. The number of aliphatic hydroxyl groups excluding tert-OH is 1. The fourth-order valence-corrected chi connectivity index (χ4v) is 10.0. The Morgan fingerprint density at radius 3 is 2.46 bits per heavy atom. The van der Waals surface area contributed by atoms with Crippen LogP contribution in [0.3, 0.4) is 0 Å². The molecule has 0 aliphatic carbocycles. The Morgan fingerprint density at radius 2 is 1.77 bits per heavy atom. The molecule has 0 spiro atoms. The van der Waals surface area contributed by atoms with Gasteiger partial charge in [0.1, 0.15) is 4.32 Å². The molecule has 0 saturated carbocycles. The van der Waals surface area contributed by atoms with E-state index in [9.17, 15) is 9.90 Å². The molecule has 2 fully saturated rings. The number of thioether (sulfide) groups is 3. The van der Waals surface area contributed by atoms with Crippen LogP contribution in [0.1, 0.15) is 96.1 Å². The third-order valence-corrected chi connectivity index (χ3v) is 12.1. The van der Waals surface area contributed by atoms with Gasteiger partial charge < -0.3 is 5.11 Å². The van der Waals surface area contributed by atoms with Gasteiger partial charge in [-0.15, -0.1) is 23.5 Å². The van der Waals surface area contributed by atoms with Crippen molar-refractivity contribution in [3.05, 3.63) is 35.9 Å². The predicted octanol–water partition coefficient (Wildman–Crippen LogP) is 8.07. The van der Waals surface area contributed by atoms with Gasteiger partial charge in [-0.05, 0) is 42.8 Å². The number of hydrogen-bond acceptors (Lipinski definition) is 6. The minimum absolute atomic E-state index is 0.0346. The first-order valence-corrected chi connectivity index (χ1v) is 16.9. The molecule has 1 aromatic carbocycles. The molecule has 3 rings (SSSR count). The molecule has 2 aliphatic heterocycles. The van der Waals surface area contributed by atoms with Crippen LogP contribution in [-0.4, -0.2) is 47.7 Å². The molecule has 0 radical (unpaired) electrons. The van der Waals surface area contributed by atoms with Crippen LogP contribution < -0.4 is 0 Å². The molecular weight excluding hydrogens is 511 g/mol. The molecule has 2 aliphatic rings. The summed E-state index contributed by atoms with van der Waals surface area (Å²) in [5, 5.41) is 11.7. The number of benzene rings is 1. The molecule has 1 N–H and O–H groups in total. The Hall–Kier alpha value is -0.210. The second-order valence-corrected chi connectivity index (χ2v) is 14.7. The van der Waals surface area contributed by atoms with Gasteiger partial charge in [-0.1, -0.05) is 113 Å². The summed E-state index contributed by atoms with van der Waals surface area (Å²) >= 11 is 11.3. The van der Waals surface area contributed by atoms with Crippen LogP contribution in [0.15, 0.2) is 30.3 Å². The molecule has 2 heterocycles. The van der Waals surface area contributed by atoms with Gasteiger partial charge in [0.25, 0.3) is 0 Å². The molecular formula is C28H43NO2S4. The second-order valence-electron chi connectivity index (χ2n) is 9.86. The zero-order chi connectivity index (χ0) is 25.1. The number of amides is 1. The number of rotatable bonds is 14. The van der Waals surface area contributed by atoms with Crippen LogP contribution in [-0.2, 0) is 4.79 Å². The van der Waals surface area contributed by atoms with Crippen molar-refractivity contribution >= 4 is 57.7 Å². The zero-order valence-corrected chi connectivity index (χ0v) is 24.7. The summed E-state index contributed by atoms with van der Waals surface area (Å²) in [4.78, 5) is 15.9. The minimum Gasteiger partial charge on any atom is -0.392 e. The number of hydrogen-bond donors (Lipinski definition) is 1. The number of nitrogens with zero attached hydrogens (tertiary/aromatic N) is 1. The number of thiocarbonyl (C=S) groups is 1. The fourth-order valence-electron chi connectivity index (χ4n) is 5.12. The Balaban J connectivity index is 1.79. The maximum Gasteiger partial charge on any atom is 0.234 e. The average Bonchev–Trinajstić information content (AvgIpc) is 3.26. The summed E-state index contributed by atoms with van der Waals surface area (Å²) in [7, 11) is 0. The Kier molecular flexibility index (Phi) is 12.8. The molecule has 1 aromatic rings. The van der Waals surface area contributed by atoms with Crippen LogP contribution in [0.4, 0.5) is 0 Å². The van der Waals surface area contributed by atoms with Gasteiger partial charge >= 0.3 is 0 Å². The monoisotopic (exact) mass is 553 g/mol. The van der Waals surface area contributed by atoms with Gasteiger partial charge in [0.2, 0.25) is 5.91 Å². The lowest BCUT2D eigenvalue weighted by Crippen LogP contribution is -2.44. The van der Waals surface area contributed by atoms with Crippen LogP contribution in [0, 0.1) is 5.92 Å². The van der Waals surface area contributed by atoms with Crippen molar-refractivity contribution in [3.63, 3.8) is 0 Å².